The van der Waals surface area contributed by atoms with Crippen LogP contribution >= 0.6 is 0 Å². The number of rotatable bonds is 6. The van der Waals surface area contributed by atoms with Crippen LogP contribution < -0.4 is 0 Å². The third kappa shape index (κ3) is 3.53. The fraction of sp³-hybridized carbons (Fsp3) is 0.571. The minimum absolute atomic E-state index is 0.341. The molecule has 0 aliphatic heterocycles. The smallest absolute Gasteiger partial charge is 0.115 e. The highest BCUT2D eigenvalue weighted by molar-refractivity contribution is 5.27. The van der Waals surface area contributed by atoms with Crippen molar-refractivity contribution in [1.82, 2.24) is 4.90 Å². The zero-order chi connectivity index (χ0) is 12.0. The monoisotopic (exact) mass is 221 g/mol. The Morgan fingerprint density at radius 3 is 2.00 bits per heavy atom. The minimum Gasteiger partial charge on any atom is -0.508 e. The Labute approximate surface area is 98.9 Å². The Kier molecular flexibility index (Phi) is 5.33. The molecule has 0 amide bonds. The van der Waals surface area contributed by atoms with Gasteiger partial charge in [-0.1, -0.05) is 26.0 Å². The second-order valence-corrected chi connectivity index (χ2v) is 4.30. The molecule has 0 aromatic heterocycles. The van der Waals surface area contributed by atoms with Crippen LogP contribution in [0.1, 0.15) is 45.2 Å². The molecule has 1 unspecified atom stereocenters. The quantitative estimate of drug-likeness (QED) is 0.793. The first-order valence-electron chi connectivity index (χ1n) is 6.22. The van der Waals surface area contributed by atoms with Gasteiger partial charge in [-0.2, -0.15) is 0 Å². The molecule has 16 heavy (non-hydrogen) atoms. The molecule has 1 aromatic carbocycles. The Morgan fingerprint density at radius 2 is 1.56 bits per heavy atom. The fourth-order valence-electron chi connectivity index (χ4n) is 2.04. The number of hydrogen-bond donors (Lipinski definition) is 1. The zero-order valence-corrected chi connectivity index (χ0v) is 10.6. The topological polar surface area (TPSA) is 23.5 Å². The lowest BCUT2D eigenvalue weighted by Gasteiger charge is -2.28. The van der Waals surface area contributed by atoms with Gasteiger partial charge >= 0.3 is 0 Å². The highest BCUT2D eigenvalue weighted by Crippen LogP contribution is 2.22. The summed E-state index contributed by atoms with van der Waals surface area (Å²) >= 11 is 0. The van der Waals surface area contributed by atoms with E-state index in [2.05, 4.69) is 25.7 Å². The molecule has 1 N–H and O–H groups in total. The number of phenolic OH excluding ortho intramolecular Hbond substituents is 1. The molecule has 1 rings (SSSR count). The average molecular weight is 221 g/mol. The predicted octanol–water partition coefficient (Wildman–Crippen LogP) is 3.58. The molecule has 0 radical (unpaired) electrons. The first-order chi connectivity index (χ1) is 7.69. The van der Waals surface area contributed by atoms with Crippen LogP contribution in [0, 0.1) is 0 Å². The van der Waals surface area contributed by atoms with Crippen molar-refractivity contribution in [2.75, 3.05) is 13.1 Å². The van der Waals surface area contributed by atoms with Crippen LogP contribution in [-0.2, 0) is 0 Å². The second-order valence-electron chi connectivity index (χ2n) is 4.30. The number of aromatic hydroxyl groups is 1. The molecule has 0 spiro atoms. The van der Waals surface area contributed by atoms with E-state index in [0.717, 1.165) is 13.1 Å². The van der Waals surface area contributed by atoms with E-state index in [0.29, 0.717) is 11.8 Å². The van der Waals surface area contributed by atoms with Crippen LogP contribution in [-0.4, -0.2) is 23.1 Å². The molecular formula is C14H23NO. The molecule has 2 heteroatoms. The van der Waals surface area contributed by atoms with Crippen molar-refractivity contribution in [2.24, 2.45) is 0 Å². The highest BCUT2D eigenvalue weighted by atomic mass is 16.3. The van der Waals surface area contributed by atoms with E-state index in [1.807, 2.05) is 12.1 Å². The largest absolute Gasteiger partial charge is 0.508 e. The van der Waals surface area contributed by atoms with E-state index in [1.54, 1.807) is 12.1 Å². The number of hydrogen-bond acceptors (Lipinski definition) is 2. The van der Waals surface area contributed by atoms with Crippen molar-refractivity contribution in [3.8, 4) is 5.75 Å². The van der Waals surface area contributed by atoms with Crippen LogP contribution in [0.25, 0.3) is 0 Å². The standard InChI is InChI=1S/C14H23NO/c1-4-10-15(11-5-2)12(3)13-6-8-14(16)9-7-13/h6-9,12,16H,4-5,10-11H2,1-3H3. The van der Waals surface area contributed by atoms with Crippen molar-refractivity contribution in [3.63, 3.8) is 0 Å². The summed E-state index contributed by atoms with van der Waals surface area (Å²) in [6, 6.07) is 7.99. The molecule has 0 heterocycles. The number of phenols is 1. The summed E-state index contributed by atoms with van der Waals surface area (Å²) in [7, 11) is 0. The van der Waals surface area contributed by atoms with Crippen molar-refractivity contribution in [1.29, 1.82) is 0 Å². The molecule has 0 aliphatic rings. The van der Waals surface area contributed by atoms with Gasteiger partial charge in [0.15, 0.2) is 0 Å². The third-order valence-electron chi connectivity index (χ3n) is 2.94. The van der Waals surface area contributed by atoms with Gasteiger partial charge in [0.2, 0.25) is 0 Å². The summed E-state index contributed by atoms with van der Waals surface area (Å²) in [5, 5.41) is 9.27. The van der Waals surface area contributed by atoms with Gasteiger partial charge in [-0.05, 0) is 50.6 Å². The van der Waals surface area contributed by atoms with E-state index in [1.165, 1.54) is 18.4 Å². The normalized spacial score (nSPS) is 13.0. The maximum absolute atomic E-state index is 9.27. The minimum atomic E-state index is 0.341. The van der Waals surface area contributed by atoms with Gasteiger partial charge in [0.25, 0.3) is 0 Å². The lowest BCUT2D eigenvalue weighted by molar-refractivity contribution is 0.211. The molecule has 1 aromatic rings. The van der Waals surface area contributed by atoms with Gasteiger partial charge < -0.3 is 5.11 Å². The summed E-state index contributed by atoms with van der Waals surface area (Å²) in [5.74, 6) is 0.341. The van der Waals surface area contributed by atoms with E-state index in [9.17, 15) is 5.11 Å². The fourth-order valence-corrected chi connectivity index (χ4v) is 2.04. The third-order valence-corrected chi connectivity index (χ3v) is 2.94. The van der Waals surface area contributed by atoms with Crippen LogP contribution in [0.2, 0.25) is 0 Å². The number of benzene rings is 1. The first kappa shape index (κ1) is 13.0. The molecule has 0 saturated heterocycles. The first-order valence-corrected chi connectivity index (χ1v) is 6.22. The van der Waals surface area contributed by atoms with Crippen molar-refractivity contribution in [2.45, 2.75) is 39.7 Å². The summed E-state index contributed by atoms with van der Waals surface area (Å²) in [4.78, 5) is 2.49. The van der Waals surface area contributed by atoms with E-state index >= 15 is 0 Å². The van der Waals surface area contributed by atoms with Gasteiger partial charge in [0.1, 0.15) is 5.75 Å². The Balaban J connectivity index is 2.72. The maximum Gasteiger partial charge on any atom is 0.115 e. The lowest BCUT2D eigenvalue weighted by atomic mass is 10.1. The number of nitrogens with zero attached hydrogens (tertiary/aromatic N) is 1. The molecular weight excluding hydrogens is 198 g/mol. The SMILES string of the molecule is CCCN(CCC)C(C)c1ccc(O)cc1. The van der Waals surface area contributed by atoms with Crippen LogP contribution in [0.3, 0.4) is 0 Å². The van der Waals surface area contributed by atoms with E-state index in [4.69, 9.17) is 0 Å². The van der Waals surface area contributed by atoms with Gasteiger partial charge in [-0.25, -0.2) is 0 Å². The van der Waals surface area contributed by atoms with Gasteiger partial charge in [0.05, 0.1) is 0 Å². The molecule has 1 atom stereocenters. The zero-order valence-electron chi connectivity index (χ0n) is 10.6. The molecule has 2 nitrogen and oxygen atoms in total. The lowest BCUT2D eigenvalue weighted by Crippen LogP contribution is -2.28. The summed E-state index contributed by atoms with van der Waals surface area (Å²) in [6.07, 6.45) is 2.37. The van der Waals surface area contributed by atoms with Gasteiger partial charge in [-0.15, -0.1) is 0 Å². The maximum atomic E-state index is 9.27. The van der Waals surface area contributed by atoms with Crippen molar-refractivity contribution < 1.29 is 5.11 Å². The summed E-state index contributed by atoms with van der Waals surface area (Å²) in [6.45, 7) is 8.93. The Morgan fingerprint density at radius 1 is 1.06 bits per heavy atom. The average Bonchev–Trinajstić information content (AvgIpc) is 2.29. The van der Waals surface area contributed by atoms with Crippen molar-refractivity contribution >= 4 is 0 Å². The molecule has 90 valence electrons. The van der Waals surface area contributed by atoms with Crippen molar-refractivity contribution in [3.05, 3.63) is 29.8 Å². The van der Waals surface area contributed by atoms with E-state index < -0.39 is 0 Å². The van der Waals surface area contributed by atoms with Gasteiger partial charge in [0, 0.05) is 6.04 Å². The molecule has 0 bridgehead atoms. The highest BCUT2D eigenvalue weighted by Gasteiger charge is 2.13. The molecule has 0 fully saturated rings. The summed E-state index contributed by atoms with van der Waals surface area (Å²) < 4.78 is 0. The Hall–Kier alpha value is -1.02. The predicted molar refractivity (Wildman–Crippen MR) is 68.7 cm³/mol. The van der Waals surface area contributed by atoms with Crippen LogP contribution in [0.15, 0.2) is 24.3 Å². The van der Waals surface area contributed by atoms with Gasteiger partial charge in [-0.3, -0.25) is 4.90 Å². The summed E-state index contributed by atoms with van der Waals surface area (Å²) in [5.41, 5.74) is 1.28. The molecule has 0 aliphatic carbocycles. The second kappa shape index (κ2) is 6.54. The van der Waals surface area contributed by atoms with E-state index in [-0.39, 0.29) is 0 Å². The molecule has 0 saturated carbocycles. The van der Waals surface area contributed by atoms with Crippen LogP contribution in [0.5, 0.6) is 5.75 Å². The van der Waals surface area contributed by atoms with Crippen LogP contribution in [0.4, 0.5) is 0 Å². The Bertz CT molecular complexity index is 288.